The Morgan fingerprint density at radius 2 is 1.88 bits per heavy atom. The number of amides is 1. The largest absolute Gasteiger partial charge is 0.463 e. The van der Waals surface area contributed by atoms with E-state index in [0.29, 0.717) is 16.1 Å². The molecule has 0 aromatic heterocycles. The summed E-state index contributed by atoms with van der Waals surface area (Å²) < 4.78 is 34.3. The van der Waals surface area contributed by atoms with Crippen LogP contribution in [0.3, 0.4) is 0 Å². The Hall–Kier alpha value is -2.63. The number of halogens is 2. The van der Waals surface area contributed by atoms with Crippen molar-refractivity contribution in [3.8, 4) is 0 Å². The summed E-state index contributed by atoms with van der Waals surface area (Å²) in [5, 5.41) is 9.28. The molecule has 2 aromatic carbocycles. The van der Waals surface area contributed by atoms with Crippen LogP contribution in [-0.4, -0.2) is 36.4 Å². The van der Waals surface area contributed by atoms with Gasteiger partial charge in [-0.15, -0.1) is 0 Å². The van der Waals surface area contributed by atoms with Crippen molar-refractivity contribution < 1.29 is 28.0 Å². The summed E-state index contributed by atoms with van der Waals surface area (Å²) >= 11 is 12.4. The molecule has 1 heterocycles. The molecule has 9 nitrogen and oxygen atoms in total. The van der Waals surface area contributed by atoms with Crippen LogP contribution >= 0.6 is 23.2 Å². The molecule has 170 valence electrons. The Labute approximate surface area is 194 Å². The molecule has 0 radical (unpaired) electrons. The molecule has 0 bridgehead atoms. The van der Waals surface area contributed by atoms with E-state index < -0.39 is 28.1 Å². The van der Waals surface area contributed by atoms with Gasteiger partial charge >= 0.3 is 16.2 Å². The molecule has 1 atom stereocenters. The maximum absolute atomic E-state index is 12.9. The first kappa shape index (κ1) is 24.0. The molecule has 1 amide bonds. The van der Waals surface area contributed by atoms with Gasteiger partial charge in [0.2, 0.25) is 0 Å². The average molecular weight is 500 g/mol. The molecule has 2 aromatic rings. The molecule has 1 aliphatic heterocycles. The topological polar surface area (TPSA) is 125 Å². The Balaban J connectivity index is 2.08. The van der Waals surface area contributed by atoms with Gasteiger partial charge in [-0.2, -0.15) is 12.7 Å². The van der Waals surface area contributed by atoms with E-state index in [0.717, 1.165) is 10.5 Å². The van der Waals surface area contributed by atoms with E-state index in [1.54, 1.807) is 19.1 Å². The summed E-state index contributed by atoms with van der Waals surface area (Å²) in [5.41, 5.74) is 2.61. The lowest BCUT2D eigenvalue weighted by Crippen LogP contribution is -2.46. The third kappa shape index (κ3) is 5.05. The lowest BCUT2D eigenvalue weighted by molar-refractivity contribution is -0.139. The van der Waals surface area contributed by atoms with E-state index in [1.807, 2.05) is 0 Å². The smallest absolute Gasteiger partial charge is 0.337 e. The Kier molecular flexibility index (Phi) is 7.42. The van der Waals surface area contributed by atoms with Crippen LogP contribution < -0.4 is 10.2 Å². The number of esters is 1. The minimum Gasteiger partial charge on any atom is -0.463 e. The van der Waals surface area contributed by atoms with Crippen LogP contribution in [0.2, 0.25) is 10.0 Å². The number of nitrogens with one attached hydrogen (secondary N) is 2. The maximum Gasteiger partial charge on any atom is 0.337 e. The molecule has 3 N–H and O–H groups in total. The van der Waals surface area contributed by atoms with Crippen LogP contribution in [0.5, 0.6) is 0 Å². The van der Waals surface area contributed by atoms with Crippen molar-refractivity contribution in [1.82, 2.24) is 14.5 Å². The van der Waals surface area contributed by atoms with Crippen molar-refractivity contribution in [2.75, 3.05) is 6.61 Å². The highest BCUT2D eigenvalue weighted by Gasteiger charge is 2.41. The molecule has 0 fully saturated rings. The fourth-order valence-corrected chi connectivity index (χ4v) is 4.94. The standard InChI is InChI=1S/C20H19Cl2N3O6S/c1-2-31-20(27)16-10-23-32(29,30)25(18(16)15-8-7-14(21)9-17(15)22)11-12-3-5-13(6-4-12)19(26)24-28/h3-10,18,23,28H,2,11H2,1H3,(H,24,26). The third-order valence-electron chi connectivity index (χ3n) is 4.68. The van der Waals surface area contributed by atoms with E-state index >= 15 is 0 Å². The number of hydrogen-bond donors (Lipinski definition) is 3. The number of nitrogens with zero attached hydrogens (tertiary/aromatic N) is 1. The van der Waals surface area contributed by atoms with E-state index in [9.17, 15) is 18.0 Å². The third-order valence-corrected chi connectivity index (χ3v) is 6.61. The fraction of sp³-hybridized carbons (Fsp3) is 0.200. The Bertz CT molecular complexity index is 1170. The van der Waals surface area contributed by atoms with Gasteiger partial charge in [0, 0.05) is 28.4 Å². The second kappa shape index (κ2) is 9.88. The molecule has 3 rings (SSSR count). The van der Waals surface area contributed by atoms with E-state index in [-0.39, 0.29) is 29.3 Å². The molecular formula is C20H19Cl2N3O6S. The SMILES string of the molecule is CCOC(=O)C1=CNS(=O)(=O)N(Cc2ccc(C(=O)NO)cc2)C1c1ccc(Cl)cc1Cl. The van der Waals surface area contributed by atoms with Crippen molar-refractivity contribution in [3.63, 3.8) is 0 Å². The molecule has 0 saturated heterocycles. The van der Waals surface area contributed by atoms with Crippen LogP contribution in [0.25, 0.3) is 0 Å². The zero-order valence-corrected chi connectivity index (χ0v) is 19.0. The number of benzene rings is 2. The molecule has 32 heavy (non-hydrogen) atoms. The lowest BCUT2D eigenvalue weighted by Gasteiger charge is -2.35. The first-order chi connectivity index (χ1) is 15.2. The van der Waals surface area contributed by atoms with Gasteiger partial charge in [-0.05, 0) is 42.3 Å². The van der Waals surface area contributed by atoms with Crippen LogP contribution in [0.4, 0.5) is 0 Å². The Morgan fingerprint density at radius 1 is 1.19 bits per heavy atom. The minimum absolute atomic E-state index is 0.0437. The normalized spacial score (nSPS) is 17.8. The highest BCUT2D eigenvalue weighted by Crippen LogP contribution is 2.39. The second-order valence-electron chi connectivity index (χ2n) is 6.69. The maximum atomic E-state index is 12.9. The van der Waals surface area contributed by atoms with Gasteiger partial charge in [0.1, 0.15) is 0 Å². The fourth-order valence-electron chi connectivity index (χ4n) is 3.19. The van der Waals surface area contributed by atoms with Crippen LogP contribution in [0, 0.1) is 0 Å². The molecule has 0 spiro atoms. The predicted molar refractivity (Wildman–Crippen MR) is 117 cm³/mol. The van der Waals surface area contributed by atoms with Gasteiger partial charge in [0.05, 0.1) is 18.2 Å². The zero-order chi connectivity index (χ0) is 23.5. The summed E-state index contributed by atoms with van der Waals surface area (Å²) in [5.74, 6) is -1.41. The van der Waals surface area contributed by atoms with Crippen molar-refractivity contribution in [1.29, 1.82) is 0 Å². The summed E-state index contributed by atoms with van der Waals surface area (Å²) in [4.78, 5) is 24.2. The van der Waals surface area contributed by atoms with E-state index in [1.165, 1.54) is 35.8 Å². The lowest BCUT2D eigenvalue weighted by atomic mass is 9.98. The molecule has 0 aliphatic carbocycles. The minimum atomic E-state index is -4.07. The van der Waals surface area contributed by atoms with Crippen molar-refractivity contribution >= 4 is 45.3 Å². The number of rotatable bonds is 6. The summed E-state index contributed by atoms with van der Waals surface area (Å²) in [6.45, 7) is 1.58. The molecular weight excluding hydrogens is 481 g/mol. The van der Waals surface area contributed by atoms with Crippen molar-refractivity contribution in [2.24, 2.45) is 0 Å². The van der Waals surface area contributed by atoms with Crippen LogP contribution in [-0.2, 0) is 26.3 Å². The van der Waals surface area contributed by atoms with Gasteiger partial charge < -0.3 is 4.74 Å². The quantitative estimate of drug-likeness (QED) is 0.318. The average Bonchev–Trinajstić information content (AvgIpc) is 2.75. The first-order valence-electron chi connectivity index (χ1n) is 9.32. The predicted octanol–water partition coefficient (Wildman–Crippen LogP) is 2.95. The molecule has 12 heteroatoms. The zero-order valence-electron chi connectivity index (χ0n) is 16.7. The number of carbonyl (C=O) groups is 2. The summed E-state index contributed by atoms with van der Waals surface area (Å²) in [7, 11) is -4.07. The number of carbonyl (C=O) groups excluding carboxylic acids is 2. The van der Waals surface area contributed by atoms with Gasteiger partial charge in [-0.25, -0.2) is 10.3 Å². The number of ether oxygens (including phenoxy) is 1. The van der Waals surface area contributed by atoms with Gasteiger partial charge in [-0.1, -0.05) is 41.4 Å². The van der Waals surface area contributed by atoms with Gasteiger partial charge in [0.25, 0.3) is 5.91 Å². The summed E-state index contributed by atoms with van der Waals surface area (Å²) in [6, 6.07) is 9.37. The van der Waals surface area contributed by atoms with E-state index in [4.69, 9.17) is 33.1 Å². The monoisotopic (exact) mass is 499 g/mol. The molecule has 1 aliphatic rings. The van der Waals surface area contributed by atoms with Crippen molar-refractivity contribution in [2.45, 2.75) is 19.5 Å². The highest BCUT2D eigenvalue weighted by atomic mass is 35.5. The second-order valence-corrected chi connectivity index (χ2v) is 9.19. The molecule has 1 unspecified atom stereocenters. The van der Waals surface area contributed by atoms with Crippen LogP contribution in [0.15, 0.2) is 54.2 Å². The number of hydroxylamine groups is 1. The van der Waals surface area contributed by atoms with Gasteiger partial charge in [-0.3, -0.25) is 14.7 Å². The van der Waals surface area contributed by atoms with Crippen LogP contribution in [0.1, 0.15) is 34.5 Å². The first-order valence-corrected chi connectivity index (χ1v) is 11.5. The number of hydrogen-bond acceptors (Lipinski definition) is 6. The Morgan fingerprint density at radius 3 is 2.47 bits per heavy atom. The summed E-state index contributed by atoms with van der Waals surface area (Å²) in [6.07, 6.45) is 1.09. The van der Waals surface area contributed by atoms with Gasteiger partial charge in [0.15, 0.2) is 0 Å². The molecule has 0 saturated carbocycles. The van der Waals surface area contributed by atoms with Crippen molar-refractivity contribution in [3.05, 3.63) is 81.0 Å². The van der Waals surface area contributed by atoms with E-state index in [2.05, 4.69) is 4.72 Å². The highest BCUT2D eigenvalue weighted by molar-refractivity contribution is 7.87.